The number of anilines is 1. The number of fused-ring (bicyclic) bond motifs is 3. The molecule has 0 bridgehead atoms. The highest BCUT2D eigenvalue weighted by atomic mass is 31.2. The molecule has 4 aromatic rings. The Balaban J connectivity index is 1.02. The van der Waals surface area contributed by atoms with Crippen molar-refractivity contribution in [3.05, 3.63) is 118 Å². The van der Waals surface area contributed by atoms with Crippen LogP contribution in [-0.2, 0) is 23.4 Å². The molecule has 16 nitrogen and oxygen atoms in total. The molecule has 3 heterocycles. The number of aliphatic hydroxyl groups excluding tert-OH is 2. The van der Waals surface area contributed by atoms with E-state index in [1.54, 1.807) is 30.3 Å². The number of nitrogens with one attached hydrogen (secondary N) is 1. The minimum Gasteiger partial charge on any atom is -0.480 e. The Kier molecular flexibility index (Phi) is 10.00. The van der Waals surface area contributed by atoms with Gasteiger partial charge >= 0.3 is 25.3 Å². The predicted octanol–water partition coefficient (Wildman–Crippen LogP) is 2.79. The van der Waals surface area contributed by atoms with E-state index in [0.29, 0.717) is 5.56 Å². The van der Waals surface area contributed by atoms with E-state index in [-0.39, 0.29) is 18.3 Å². The molecule has 17 heteroatoms. The van der Waals surface area contributed by atoms with Crippen LogP contribution < -0.4 is 11.0 Å². The molecule has 7 atom stereocenters. The minimum absolute atomic E-state index is 0.0888. The Bertz CT molecular complexity index is 2100. The standard InChI is InChI=1S/C36H35N4O12P/c41-18-28-31(30(42)33(51-28)39-15-14-29(38-35(39)46)37-32(43)20-8-2-1-3-9-20)52-53(48,49)21-16-27(34(44)45)40(17-21)36(47)50-19-26-24-12-6-4-10-22(24)23-11-5-7-13-25(23)26/h1-15,21,26-28,30-31,33,41-42H,16-19H2,(H,44,45)(H,48,49)(H,37,38,43,46)/t21-,27+,28+,30+,31+,33+/m0/s1. The van der Waals surface area contributed by atoms with Crippen LogP contribution in [0.5, 0.6) is 0 Å². The van der Waals surface area contributed by atoms with Gasteiger partial charge in [-0.15, -0.1) is 0 Å². The van der Waals surface area contributed by atoms with Gasteiger partial charge in [-0.05, 0) is 46.9 Å². The first-order valence-corrected chi connectivity index (χ1v) is 18.4. The number of carboxylic acid groups (broad SMARTS) is 1. The van der Waals surface area contributed by atoms with Crippen LogP contribution in [0, 0.1) is 0 Å². The first kappa shape index (κ1) is 36.2. The molecule has 3 aliphatic rings. The van der Waals surface area contributed by atoms with Crippen LogP contribution in [0.2, 0.25) is 0 Å². The van der Waals surface area contributed by atoms with Crippen molar-refractivity contribution in [2.75, 3.05) is 25.1 Å². The fourth-order valence-electron chi connectivity index (χ4n) is 7.10. The number of aliphatic carboxylic acids is 1. The van der Waals surface area contributed by atoms with Crippen molar-refractivity contribution in [3.8, 4) is 11.1 Å². The summed E-state index contributed by atoms with van der Waals surface area (Å²) in [6.45, 7) is -1.41. The Morgan fingerprint density at radius 1 is 0.962 bits per heavy atom. The van der Waals surface area contributed by atoms with Crippen LogP contribution in [0.1, 0.15) is 40.1 Å². The molecule has 7 rings (SSSR count). The topological polar surface area (TPSA) is 227 Å². The number of carbonyl (C=O) groups is 3. The first-order chi connectivity index (χ1) is 25.5. The van der Waals surface area contributed by atoms with Gasteiger partial charge in [-0.2, -0.15) is 4.98 Å². The molecular weight excluding hydrogens is 711 g/mol. The van der Waals surface area contributed by atoms with Gasteiger partial charge in [-0.1, -0.05) is 66.7 Å². The number of aromatic nitrogens is 2. The van der Waals surface area contributed by atoms with Gasteiger partial charge in [0.1, 0.15) is 36.8 Å². The second-order valence-electron chi connectivity index (χ2n) is 12.9. The van der Waals surface area contributed by atoms with Crippen LogP contribution >= 0.6 is 7.60 Å². The van der Waals surface area contributed by atoms with E-state index in [2.05, 4.69) is 10.3 Å². The summed E-state index contributed by atoms with van der Waals surface area (Å²) >= 11 is 0. The van der Waals surface area contributed by atoms with Crippen molar-refractivity contribution in [3.63, 3.8) is 0 Å². The summed E-state index contributed by atoms with van der Waals surface area (Å²) in [6.07, 6.45) is -6.64. The van der Waals surface area contributed by atoms with Gasteiger partial charge < -0.3 is 35.0 Å². The van der Waals surface area contributed by atoms with E-state index in [0.717, 1.165) is 31.7 Å². The lowest BCUT2D eigenvalue weighted by molar-refractivity contribution is -0.141. The Morgan fingerprint density at radius 3 is 2.23 bits per heavy atom. The van der Waals surface area contributed by atoms with Gasteiger partial charge in [0.2, 0.25) is 0 Å². The molecule has 2 fully saturated rings. The highest BCUT2D eigenvalue weighted by Gasteiger charge is 2.53. The predicted molar refractivity (Wildman–Crippen MR) is 186 cm³/mol. The molecule has 53 heavy (non-hydrogen) atoms. The highest BCUT2D eigenvalue weighted by Crippen LogP contribution is 2.55. The number of ether oxygens (including phenoxy) is 2. The van der Waals surface area contributed by atoms with Crippen molar-refractivity contribution < 1.29 is 53.2 Å². The van der Waals surface area contributed by atoms with Crippen molar-refractivity contribution in [1.82, 2.24) is 14.5 Å². The molecular formula is C36H35N4O12P. The summed E-state index contributed by atoms with van der Waals surface area (Å²) in [4.78, 5) is 66.9. The van der Waals surface area contributed by atoms with Crippen LogP contribution in [-0.4, -0.2) is 102 Å². The number of carboxylic acids is 1. The second kappa shape index (κ2) is 14.7. The van der Waals surface area contributed by atoms with Crippen LogP contribution in [0.3, 0.4) is 0 Å². The monoisotopic (exact) mass is 746 g/mol. The Labute approximate surface area is 301 Å². The van der Waals surface area contributed by atoms with Crippen molar-refractivity contribution in [1.29, 1.82) is 0 Å². The zero-order chi connectivity index (χ0) is 37.4. The zero-order valence-corrected chi connectivity index (χ0v) is 28.8. The molecule has 0 radical (unpaired) electrons. The summed E-state index contributed by atoms with van der Waals surface area (Å²) in [5.41, 5.74) is 1.85. The lowest BCUT2D eigenvalue weighted by Gasteiger charge is -2.26. The average Bonchev–Trinajstić information content (AvgIpc) is 3.84. The van der Waals surface area contributed by atoms with Gasteiger partial charge in [0, 0.05) is 24.2 Å². The smallest absolute Gasteiger partial charge is 0.410 e. The normalized spacial score (nSPS) is 24.6. The third-order valence-electron chi connectivity index (χ3n) is 9.74. The summed E-state index contributed by atoms with van der Waals surface area (Å²) in [5, 5.41) is 33.6. The number of carbonyl (C=O) groups excluding carboxylic acids is 2. The second-order valence-corrected chi connectivity index (χ2v) is 15.0. The van der Waals surface area contributed by atoms with Crippen LogP contribution in [0.25, 0.3) is 11.1 Å². The molecule has 276 valence electrons. The lowest BCUT2D eigenvalue weighted by Crippen LogP contribution is -2.41. The maximum atomic E-state index is 13.7. The van der Waals surface area contributed by atoms with E-state index >= 15 is 0 Å². The molecule has 2 saturated heterocycles. The average molecular weight is 747 g/mol. The number of nitrogens with zero attached hydrogens (tertiary/aromatic N) is 3. The maximum Gasteiger partial charge on any atom is 0.410 e. The van der Waals surface area contributed by atoms with E-state index in [1.165, 1.54) is 12.3 Å². The van der Waals surface area contributed by atoms with E-state index in [4.69, 9.17) is 14.0 Å². The lowest BCUT2D eigenvalue weighted by atomic mass is 9.98. The largest absolute Gasteiger partial charge is 0.480 e. The van der Waals surface area contributed by atoms with Gasteiger partial charge in [0.05, 0.1) is 12.3 Å². The molecule has 0 spiro atoms. The first-order valence-electron chi connectivity index (χ1n) is 16.7. The van der Waals surface area contributed by atoms with Gasteiger partial charge in [-0.3, -0.25) is 23.4 Å². The van der Waals surface area contributed by atoms with E-state index in [1.807, 2.05) is 48.5 Å². The van der Waals surface area contributed by atoms with Gasteiger partial charge in [-0.25, -0.2) is 14.4 Å². The number of rotatable bonds is 10. The number of hydrogen-bond donors (Lipinski definition) is 5. The molecule has 5 N–H and O–H groups in total. The van der Waals surface area contributed by atoms with Crippen LogP contribution in [0.15, 0.2) is 95.9 Å². The van der Waals surface area contributed by atoms with E-state index in [9.17, 15) is 44.0 Å². The summed E-state index contributed by atoms with van der Waals surface area (Å²) in [5.74, 6) is -2.34. The third kappa shape index (κ3) is 7.00. The molecule has 2 aliphatic heterocycles. The Hall–Kier alpha value is -5.22. The maximum absolute atomic E-state index is 13.7. The third-order valence-corrected chi connectivity index (χ3v) is 11.6. The molecule has 3 aromatic carbocycles. The summed E-state index contributed by atoms with van der Waals surface area (Å²) in [6, 6.07) is 23.3. The van der Waals surface area contributed by atoms with E-state index < -0.39 is 87.1 Å². The van der Waals surface area contributed by atoms with Crippen molar-refractivity contribution in [2.24, 2.45) is 0 Å². The SMILES string of the molecule is O=C(Nc1ccn([C@@H]2O[C@H](CO)[C@@H](OP(=O)(O)[C@H]3C[C@H](C(=O)O)N(C(=O)OCC4c5ccccc5-c5ccccc54)C3)[C@H]2O)c(=O)n1)c1ccccc1. The number of aliphatic hydroxyl groups is 2. The molecule has 1 aromatic heterocycles. The molecule has 0 saturated carbocycles. The number of benzene rings is 3. The molecule has 1 unspecified atom stereocenters. The summed E-state index contributed by atoms with van der Waals surface area (Å²) in [7, 11) is -4.86. The van der Waals surface area contributed by atoms with Gasteiger partial charge in [0.25, 0.3) is 5.91 Å². The fraction of sp³-hybridized carbons (Fsp3) is 0.306. The number of amides is 2. The summed E-state index contributed by atoms with van der Waals surface area (Å²) < 4.78 is 31.4. The van der Waals surface area contributed by atoms with Gasteiger partial charge in [0.15, 0.2) is 6.23 Å². The van der Waals surface area contributed by atoms with Crippen LogP contribution in [0.4, 0.5) is 10.6 Å². The molecule has 2 amide bonds. The number of hydrogen-bond acceptors (Lipinski definition) is 11. The fourth-order valence-corrected chi connectivity index (χ4v) is 8.73. The quantitative estimate of drug-likeness (QED) is 0.147. The van der Waals surface area contributed by atoms with Crippen molar-refractivity contribution >= 4 is 31.4 Å². The Morgan fingerprint density at radius 2 is 1.60 bits per heavy atom. The van der Waals surface area contributed by atoms with Crippen molar-refractivity contribution in [2.45, 2.75) is 48.6 Å². The minimum atomic E-state index is -4.86. The highest BCUT2D eigenvalue weighted by molar-refractivity contribution is 7.53. The zero-order valence-electron chi connectivity index (χ0n) is 27.9. The molecule has 1 aliphatic carbocycles. The number of likely N-dealkylation sites (tertiary alicyclic amines) is 1.